The van der Waals surface area contributed by atoms with Crippen LogP contribution in [0.3, 0.4) is 0 Å². The number of nitrogens with one attached hydrogen (secondary N) is 2. The fourth-order valence-corrected chi connectivity index (χ4v) is 2.72. The lowest BCUT2D eigenvalue weighted by molar-refractivity contribution is 0.0843. The zero-order chi connectivity index (χ0) is 16.9. The number of amides is 2. The lowest BCUT2D eigenvalue weighted by atomic mass is 10.1. The van der Waals surface area contributed by atoms with E-state index in [1.165, 1.54) is 18.6 Å². The van der Waals surface area contributed by atoms with Crippen LogP contribution < -0.4 is 10.9 Å². The average molecular weight is 339 g/mol. The first kappa shape index (κ1) is 15.8. The molecule has 0 bridgehead atoms. The Morgan fingerprint density at radius 2 is 1.79 bits per heavy atom. The summed E-state index contributed by atoms with van der Waals surface area (Å²) in [6.45, 7) is 1.93. The highest BCUT2D eigenvalue weighted by atomic mass is 32.1. The Hall–Kier alpha value is -3.13. The molecule has 1 aromatic carbocycles. The smallest absolute Gasteiger partial charge is 0.267 e. The van der Waals surface area contributed by atoms with Gasteiger partial charge in [-0.2, -0.15) is 0 Å². The van der Waals surface area contributed by atoms with Gasteiger partial charge in [-0.15, -0.1) is 11.3 Å². The molecule has 0 saturated heterocycles. The van der Waals surface area contributed by atoms with Crippen molar-refractivity contribution in [1.82, 2.24) is 25.8 Å². The molecule has 0 aliphatic rings. The predicted octanol–water partition coefficient (Wildman–Crippen LogP) is 1.98. The number of carbonyl (C=O) groups is 2. The van der Waals surface area contributed by atoms with Gasteiger partial charge in [0, 0.05) is 34.6 Å². The van der Waals surface area contributed by atoms with Crippen LogP contribution in [-0.2, 0) is 0 Å². The highest BCUT2D eigenvalue weighted by molar-refractivity contribution is 7.13. The summed E-state index contributed by atoms with van der Waals surface area (Å²) in [6.07, 6.45) is 4.17. The molecule has 2 heterocycles. The van der Waals surface area contributed by atoms with Crippen molar-refractivity contribution in [3.05, 3.63) is 65.2 Å². The minimum atomic E-state index is -0.536. The van der Waals surface area contributed by atoms with Gasteiger partial charge in [0.25, 0.3) is 11.8 Å². The summed E-state index contributed by atoms with van der Waals surface area (Å²) >= 11 is 1.55. The van der Waals surface area contributed by atoms with Crippen LogP contribution >= 0.6 is 11.3 Å². The number of aryl methyl sites for hydroxylation is 1. The van der Waals surface area contributed by atoms with Gasteiger partial charge in [-0.25, -0.2) is 9.97 Å². The van der Waals surface area contributed by atoms with E-state index in [1.54, 1.807) is 23.5 Å². The Balaban J connectivity index is 1.62. The second kappa shape index (κ2) is 6.97. The monoisotopic (exact) mass is 339 g/mol. The van der Waals surface area contributed by atoms with Gasteiger partial charge in [-0.1, -0.05) is 12.1 Å². The summed E-state index contributed by atoms with van der Waals surface area (Å²) in [5.74, 6) is -0.958. The van der Waals surface area contributed by atoms with Crippen molar-refractivity contribution in [2.45, 2.75) is 6.92 Å². The number of aromatic nitrogens is 3. The van der Waals surface area contributed by atoms with E-state index in [-0.39, 0.29) is 5.69 Å². The van der Waals surface area contributed by atoms with E-state index in [0.29, 0.717) is 5.56 Å². The first-order chi connectivity index (χ1) is 11.6. The molecule has 0 saturated carbocycles. The zero-order valence-corrected chi connectivity index (χ0v) is 13.5. The fourth-order valence-electron chi connectivity index (χ4n) is 1.92. The largest absolute Gasteiger partial charge is 0.289 e. The number of hydrogen-bond donors (Lipinski definition) is 2. The Morgan fingerprint density at radius 1 is 1.04 bits per heavy atom. The van der Waals surface area contributed by atoms with Crippen molar-refractivity contribution in [3.8, 4) is 10.6 Å². The van der Waals surface area contributed by atoms with Gasteiger partial charge in [0.05, 0.1) is 6.20 Å². The molecule has 2 aromatic heterocycles. The third-order valence-corrected chi connectivity index (χ3v) is 4.11. The number of benzene rings is 1. The van der Waals surface area contributed by atoms with E-state index in [1.807, 2.05) is 24.4 Å². The van der Waals surface area contributed by atoms with Crippen molar-refractivity contribution in [3.63, 3.8) is 0 Å². The minimum absolute atomic E-state index is 0.118. The van der Waals surface area contributed by atoms with Crippen molar-refractivity contribution >= 4 is 23.2 Å². The third-order valence-electron chi connectivity index (χ3n) is 3.10. The summed E-state index contributed by atoms with van der Waals surface area (Å²) < 4.78 is 0. The number of hydrogen-bond acceptors (Lipinski definition) is 6. The van der Waals surface area contributed by atoms with Gasteiger partial charge < -0.3 is 0 Å². The molecule has 24 heavy (non-hydrogen) atoms. The molecule has 3 rings (SSSR count). The highest BCUT2D eigenvalue weighted by Gasteiger charge is 2.10. The van der Waals surface area contributed by atoms with E-state index in [2.05, 4.69) is 25.8 Å². The fraction of sp³-hybridized carbons (Fsp3) is 0.0625. The van der Waals surface area contributed by atoms with Gasteiger partial charge in [0.1, 0.15) is 10.7 Å². The minimum Gasteiger partial charge on any atom is -0.267 e. The SMILES string of the molecule is Cc1csc(-c2ccc(C(=O)NNC(=O)c3cnccn3)cc2)n1. The summed E-state index contributed by atoms with van der Waals surface area (Å²) in [4.78, 5) is 35.9. The molecule has 120 valence electrons. The summed E-state index contributed by atoms with van der Waals surface area (Å²) in [5.41, 5.74) is 7.08. The van der Waals surface area contributed by atoms with E-state index in [4.69, 9.17) is 0 Å². The van der Waals surface area contributed by atoms with Crippen LogP contribution in [0.15, 0.2) is 48.2 Å². The van der Waals surface area contributed by atoms with E-state index in [9.17, 15) is 9.59 Å². The lowest BCUT2D eigenvalue weighted by Crippen LogP contribution is -2.41. The lowest BCUT2D eigenvalue weighted by Gasteiger charge is -2.07. The maximum Gasteiger partial charge on any atom is 0.289 e. The van der Waals surface area contributed by atoms with Gasteiger partial charge >= 0.3 is 0 Å². The molecule has 0 fully saturated rings. The number of rotatable bonds is 3. The maximum atomic E-state index is 12.1. The van der Waals surface area contributed by atoms with Crippen LogP contribution in [0.4, 0.5) is 0 Å². The Labute approximate surface area is 141 Å². The normalized spacial score (nSPS) is 10.2. The molecule has 7 nitrogen and oxygen atoms in total. The summed E-state index contributed by atoms with van der Waals surface area (Å²) in [6, 6.07) is 6.99. The van der Waals surface area contributed by atoms with Crippen LogP contribution in [-0.4, -0.2) is 26.8 Å². The molecule has 0 aliphatic carbocycles. The van der Waals surface area contributed by atoms with Gasteiger partial charge in [0.2, 0.25) is 0 Å². The molecular formula is C16H13N5O2S. The van der Waals surface area contributed by atoms with Crippen LogP contribution in [0.2, 0.25) is 0 Å². The molecule has 0 aliphatic heterocycles. The van der Waals surface area contributed by atoms with Crippen molar-refractivity contribution in [2.24, 2.45) is 0 Å². The molecule has 0 unspecified atom stereocenters. The maximum absolute atomic E-state index is 12.1. The number of carbonyl (C=O) groups excluding carboxylic acids is 2. The van der Waals surface area contributed by atoms with Gasteiger partial charge in [-0.05, 0) is 19.1 Å². The second-order valence-corrected chi connectivity index (χ2v) is 5.73. The van der Waals surface area contributed by atoms with Crippen LogP contribution in [0.25, 0.3) is 10.6 Å². The van der Waals surface area contributed by atoms with E-state index < -0.39 is 11.8 Å². The highest BCUT2D eigenvalue weighted by Crippen LogP contribution is 2.23. The molecule has 2 amide bonds. The first-order valence-corrected chi connectivity index (χ1v) is 7.91. The van der Waals surface area contributed by atoms with Crippen LogP contribution in [0.5, 0.6) is 0 Å². The van der Waals surface area contributed by atoms with E-state index >= 15 is 0 Å². The standard InChI is InChI=1S/C16H13N5O2S/c1-10-9-24-16(19-10)12-4-2-11(3-5-12)14(22)20-21-15(23)13-8-17-6-7-18-13/h2-9H,1H3,(H,20,22)(H,21,23). The quantitative estimate of drug-likeness (QED) is 0.711. The third kappa shape index (κ3) is 3.61. The van der Waals surface area contributed by atoms with E-state index in [0.717, 1.165) is 16.3 Å². The number of hydrazine groups is 1. The van der Waals surface area contributed by atoms with Crippen LogP contribution in [0, 0.1) is 6.92 Å². The molecule has 8 heteroatoms. The first-order valence-electron chi connectivity index (χ1n) is 7.03. The van der Waals surface area contributed by atoms with Gasteiger partial charge in [0.15, 0.2) is 0 Å². The zero-order valence-electron chi connectivity index (χ0n) is 12.7. The molecule has 0 atom stereocenters. The predicted molar refractivity (Wildman–Crippen MR) is 89.3 cm³/mol. The second-order valence-electron chi connectivity index (χ2n) is 4.87. The van der Waals surface area contributed by atoms with Gasteiger partial charge in [-0.3, -0.25) is 25.4 Å². The number of nitrogens with zero attached hydrogens (tertiary/aromatic N) is 3. The topological polar surface area (TPSA) is 96.9 Å². The van der Waals surface area contributed by atoms with Crippen molar-refractivity contribution in [2.75, 3.05) is 0 Å². The summed E-state index contributed by atoms with van der Waals surface area (Å²) in [5, 5.41) is 2.87. The average Bonchev–Trinajstić information content (AvgIpc) is 3.06. The van der Waals surface area contributed by atoms with Crippen molar-refractivity contribution < 1.29 is 9.59 Å². The Morgan fingerprint density at radius 3 is 2.42 bits per heavy atom. The number of thiazole rings is 1. The molecule has 0 radical (unpaired) electrons. The van der Waals surface area contributed by atoms with Crippen LogP contribution in [0.1, 0.15) is 26.5 Å². The molecule has 3 aromatic rings. The molecular weight excluding hydrogens is 326 g/mol. The van der Waals surface area contributed by atoms with Crippen molar-refractivity contribution in [1.29, 1.82) is 0 Å². The molecule has 0 spiro atoms. The molecule has 2 N–H and O–H groups in total. The Bertz CT molecular complexity index is 862. The summed E-state index contributed by atoms with van der Waals surface area (Å²) in [7, 11) is 0. The Kier molecular flexibility index (Phi) is 4.57.